The lowest BCUT2D eigenvalue weighted by Crippen LogP contribution is -2.35. The number of amides is 1. The zero-order chi connectivity index (χ0) is 23.2. The highest BCUT2D eigenvalue weighted by molar-refractivity contribution is 8.26. The summed E-state index contributed by atoms with van der Waals surface area (Å²) in [5, 5.41) is 15.7. The molecule has 1 N–H and O–H groups in total. The van der Waals surface area contributed by atoms with Crippen LogP contribution in [0.1, 0.15) is 25.3 Å². The number of amidine groups is 2. The highest BCUT2D eigenvalue weighted by Gasteiger charge is 2.35. The van der Waals surface area contributed by atoms with E-state index in [2.05, 4.69) is 17.0 Å². The molecule has 0 saturated carbocycles. The summed E-state index contributed by atoms with van der Waals surface area (Å²) in [6, 6.07) is 14.7. The van der Waals surface area contributed by atoms with Gasteiger partial charge in [-0.1, -0.05) is 31.2 Å². The Morgan fingerprint density at radius 2 is 1.88 bits per heavy atom. The maximum Gasteiger partial charge on any atom is 0.283 e. The average Bonchev–Trinajstić information content (AvgIpc) is 3.23. The standard InChI is InChI=1S/C24H24N4O4S/c1-3-7-21-27-28-22(25)19(23(29)26-24(28)33-21)14-16-8-4-5-11-20(16)32-13-12-31-18-10-6-9-17(15-18)30-2/h4-6,8-11,14-15,25H,3,7,12-13H2,1-2H3/b19-14+,25-22?. The summed E-state index contributed by atoms with van der Waals surface area (Å²) in [6.45, 7) is 2.70. The molecule has 33 heavy (non-hydrogen) atoms. The van der Waals surface area contributed by atoms with Crippen molar-refractivity contribution in [3.63, 3.8) is 0 Å². The van der Waals surface area contributed by atoms with Gasteiger partial charge in [0, 0.05) is 11.6 Å². The van der Waals surface area contributed by atoms with Gasteiger partial charge in [-0.3, -0.25) is 10.2 Å². The second-order valence-corrected chi connectivity index (χ2v) is 8.22. The number of hydrogen-bond donors (Lipinski definition) is 1. The van der Waals surface area contributed by atoms with E-state index < -0.39 is 5.91 Å². The predicted octanol–water partition coefficient (Wildman–Crippen LogP) is 4.57. The molecule has 2 heterocycles. The van der Waals surface area contributed by atoms with Crippen molar-refractivity contribution in [1.29, 1.82) is 5.41 Å². The molecule has 0 fully saturated rings. The van der Waals surface area contributed by atoms with Crippen molar-refractivity contribution in [3.8, 4) is 17.2 Å². The van der Waals surface area contributed by atoms with Crippen LogP contribution in [0, 0.1) is 5.41 Å². The van der Waals surface area contributed by atoms with Crippen molar-refractivity contribution in [2.45, 2.75) is 19.8 Å². The van der Waals surface area contributed by atoms with Crippen LogP contribution in [0.4, 0.5) is 0 Å². The molecule has 2 aromatic carbocycles. The van der Waals surface area contributed by atoms with Crippen LogP contribution >= 0.6 is 11.8 Å². The first-order valence-corrected chi connectivity index (χ1v) is 11.4. The van der Waals surface area contributed by atoms with Gasteiger partial charge in [0.05, 0.1) is 12.7 Å². The molecule has 0 spiro atoms. The summed E-state index contributed by atoms with van der Waals surface area (Å²) in [5.74, 6) is 1.55. The molecular weight excluding hydrogens is 440 g/mol. The van der Waals surface area contributed by atoms with Crippen LogP contribution in [0.15, 0.2) is 64.2 Å². The second kappa shape index (κ2) is 10.4. The fourth-order valence-corrected chi connectivity index (χ4v) is 4.22. The zero-order valence-corrected chi connectivity index (χ0v) is 19.2. The third kappa shape index (κ3) is 5.25. The number of nitrogens with one attached hydrogen (secondary N) is 1. The van der Waals surface area contributed by atoms with Crippen LogP contribution in [0.25, 0.3) is 6.08 Å². The molecule has 2 aliphatic rings. The van der Waals surface area contributed by atoms with Gasteiger partial charge >= 0.3 is 0 Å². The van der Waals surface area contributed by atoms with E-state index in [-0.39, 0.29) is 11.4 Å². The lowest BCUT2D eigenvalue weighted by molar-refractivity contribution is -0.114. The molecule has 2 aromatic rings. The number of thioether (sulfide) groups is 1. The number of methoxy groups -OCH3 is 1. The zero-order valence-electron chi connectivity index (χ0n) is 18.4. The summed E-state index contributed by atoms with van der Waals surface area (Å²) in [5.41, 5.74) is 0.847. The fourth-order valence-electron chi connectivity index (χ4n) is 3.24. The number of nitrogens with zero attached hydrogens (tertiary/aromatic N) is 3. The molecule has 0 saturated heterocycles. The minimum atomic E-state index is -0.456. The number of para-hydroxylation sites is 1. The highest BCUT2D eigenvalue weighted by Crippen LogP contribution is 2.31. The molecule has 170 valence electrons. The van der Waals surface area contributed by atoms with Gasteiger partial charge in [0.15, 0.2) is 5.84 Å². The van der Waals surface area contributed by atoms with Crippen molar-refractivity contribution in [1.82, 2.24) is 5.01 Å². The van der Waals surface area contributed by atoms with E-state index in [4.69, 9.17) is 19.6 Å². The van der Waals surface area contributed by atoms with E-state index in [1.54, 1.807) is 19.3 Å². The number of carbonyl (C=O) groups is 1. The van der Waals surface area contributed by atoms with Crippen molar-refractivity contribution in [3.05, 3.63) is 59.7 Å². The number of carbonyl (C=O) groups excluding carboxylic acids is 1. The van der Waals surface area contributed by atoms with Gasteiger partial charge in [-0.2, -0.15) is 15.1 Å². The number of fused-ring (bicyclic) bond motifs is 1. The van der Waals surface area contributed by atoms with Gasteiger partial charge in [0.1, 0.15) is 35.5 Å². The molecule has 0 aliphatic carbocycles. The first kappa shape index (κ1) is 22.6. The SMILES string of the molecule is CCCC1=NN2C(=N)/C(=C\c3ccccc3OCCOc3cccc(OC)c3)C(=O)N=C2S1. The second-order valence-electron chi connectivity index (χ2n) is 7.18. The lowest BCUT2D eigenvalue weighted by Gasteiger charge is -2.20. The van der Waals surface area contributed by atoms with Crippen LogP contribution in [-0.2, 0) is 4.79 Å². The first-order valence-electron chi connectivity index (χ1n) is 10.6. The van der Waals surface area contributed by atoms with Crippen molar-refractivity contribution in [2.75, 3.05) is 20.3 Å². The van der Waals surface area contributed by atoms with Crippen molar-refractivity contribution >= 4 is 39.8 Å². The third-order valence-electron chi connectivity index (χ3n) is 4.83. The maximum atomic E-state index is 12.6. The minimum absolute atomic E-state index is 0.0137. The van der Waals surface area contributed by atoms with Crippen molar-refractivity contribution in [2.24, 2.45) is 10.1 Å². The van der Waals surface area contributed by atoms with E-state index in [9.17, 15) is 4.79 Å². The van der Waals surface area contributed by atoms with Crippen LogP contribution in [0.2, 0.25) is 0 Å². The molecule has 0 bridgehead atoms. The molecule has 1 amide bonds. The highest BCUT2D eigenvalue weighted by atomic mass is 32.2. The normalized spacial score (nSPS) is 16.4. The maximum absolute atomic E-state index is 12.6. The van der Waals surface area contributed by atoms with Gasteiger partial charge in [-0.15, -0.1) is 0 Å². The molecule has 8 nitrogen and oxygen atoms in total. The monoisotopic (exact) mass is 464 g/mol. The van der Waals surface area contributed by atoms with Crippen LogP contribution in [-0.4, -0.2) is 47.3 Å². The molecule has 4 rings (SSSR count). The van der Waals surface area contributed by atoms with Gasteiger partial charge in [0.2, 0.25) is 5.17 Å². The number of aliphatic imine (C=N–C) groups is 1. The first-order chi connectivity index (χ1) is 16.1. The van der Waals surface area contributed by atoms with Crippen LogP contribution < -0.4 is 14.2 Å². The Kier molecular flexibility index (Phi) is 7.09. The van der Waals surface area contributed by atoms with Crippen molar-refractivity contribution < 1.29 is 19.0 Å². The Morgan fingerprint density at radius 3 is 2.70 bits per heavy atom. The molecule has 0 unspecified atom stereocenters. The molecular formula is C24H24N4O4S. The minimum Gasteiger partial charge on any atom is -0.497 e. The van der Waals surface area contributed by atoms with E-state index in [0.717, 1.165) is 23.6 Å². The third-order valence-corrected chi connectivity index (χ3v) is 5.80. The molecule has 2 aliphatic heterocycles. The number of ether oxygens (including phenoxy) is 3. The van der Waals surface area contributed by atoms with Gasteiger partial charge in [0.25, 0.3) is 5.91 Å². The predicted molar refractivity (Wildman–Crippen MR) is 130 cm³/mol. The summed E-state index contributed by atoms with van der Waals surface area (Å²) in [4.78, 5) is 16.8. The van der Waals surface area contributed by atoms with Crippen LogP contribution in [0.3, 0.4) is 0 Å². The number of hydrogen-bond acceptors (Lipinski definition) is 7. The Hall–Kier alpha value is -3.59. The quantitative estimate of drug-likeness (QED) is 0.431. The lowest BCUT2D eigenvalue weighted by atomic mass is 10.1. The van der Waals surface area contributed by atoms with Gasteiger partial charge < -0.3 is 14.2 Å². The molecule has 0 radical (unpaired) electrons. The molecule has 9 heteroatoms. The summed E-state index contributed by atoms with van der Waals surface area (Å²) >= 11 is 1.34. The van der Waals surface area contributed by atoms with Gasteiger partial charge in [-0.05, 0) is 48.9 Å². The number of hydrazone groups is 1. The fraction of sp³-hybridized carbons (Fsp3) is 0.250. The average molecular weight is 465 g/mol. The summed E-state index contributed by atoms with van der Waals surface area (Å²) in [7, 11) is 1.61. The summed E-state index contributed by atoms with van der Waals surface area (Å²) < 4.78 is 16.8. The summed E-state index contributed by atoms with van der Waals surface area (Å²) in [6.07, 6.45) is 3.35. The number of benzene rings is 2. The van der Waals surface area contributed by atoms with E-state index in [1.807, 2.05) is 42.5 Å². The topological polar surface area (TPSA) is 96.6 Å². The Balaban J connectivity index is 1.45. The Labute approximate surface area is 196 Å². The van der Waals surface area contributed by atoms with Crippen LogP contribution in [0.5, 0.6) is 17.2 Å². The Morgan fingerprint density at radius 1 is 1.09 bits per heavy atom. The number of rotatable bonds is 9. The van der Waals surface area contributed by atoms with E-state index in [1.165, 1.54) is 16.8 Å². The van der Waals surface area contributed by atoms with E-state index >= 15 is 0 Å². The van der Waals surface area contributed by atoms with Gasteiger partial charge in [-0.25, -0.2) is 0 Å². The molecule has 0 atom stereocenters. The smallest absolute Gasteiger partial charge is 0.283 e. The Bertz CT molecular complexity index is 1160. The van der Waals surface area contributed by atoms with E-state index in [0.29, 0.717) is 35.4 Å². The molecule has 0 aromatic heterocycles. The largest absolute Gasteiger partial charge is 0.497 e.